The number of aromatic nitrogens is 1. The average Bonchev–Trinajstić information content (AvgIpc) is 3.18. The molecule has 0 unspecified atom stereocenters. The minimum atomic E-state index is -0.218. The summed E-state index contributed by atoms with van der Waals surface area (Å²) in [7, 11) is 0. The smallest absolute Gasteiger partial charge is 0.258 e. The maximum atomic E-state index is 12.9. The summed E-state index contributed by atoms with van der Waals surface area (Å²) >= 11 is 1.55. The number of nitrogens with zero attached hydrogens (tertiary/aromatic N) is 2. The standard InChI is InChI=1S/C19H22N4O2S/c1-11(2)17-20-13-7-4-3-6-12(13)18(25)23(17)10-16(24)22-19-21-14-8-5-9-15(14)26-19/h3-4,6-7,11,17,20H,5,8-10H2,1-2H3,(H,21,22,24)/t17-/m1/s1. The van der Waals surface area contributed by atoms with E-state index in [1.54, 1.807) is 22.3 Å². The van der Waals surface area contributed by atoms with E-state index >= 15 is 0 Å². The molecule has 0 saturated carbocycles. The van der Waals surface area contributed by atoms with Crippen LogP contribution in [0.2, 0.25) is 0 Å². The molecule has 0 bridgehead atoms. The fourth-order valence-electron chi connectivity index (χ4n) is 3.57. The molecule has 2 aromatic rings. The van der Waals surface area contributed by atoms with Gasteiger partial charge in [-0.25, -0.2) is 4.98 Å². The van der Waals surface area contributed by atoms with Gasteiger partial charge in [-0.2, -0.15) is 0 Å². The van der Waals surface area contributed by atoms with Crippen LogP contribution in [0.5, 0.6) is 0 Å². The van der Waals surface area contributed by atoms with Gasteiger partial charge in [-0.1, -0.05) is 26.0 Å². The van der Waals surface area contributed by atoms with Crippen LogP contribution < -0.4 is 10.6 Å². The first kappa shape index (κ1) is 17.0. The molecule has 2 aliphatic rings. The molecule has 0 fully saturated rings. The Balaban J connectivity index is 1.51. The third-order valence-electron chi connectivity index (χ3n) is 4.84. The van der Waals surface area contributed by atoms with Crippen LogP contribution in [0, 0.1) is 5.92 Å². The highest BCUT2D eigenvalue weighted by Crippen LogP contribution is 2.31. The van der Waals surface area contributed by atoms with E-state index in [1.807, 2.05) is 32.0 Å². The number of amides is 2. The van der Waals surface area contributed by atoms with E-state index in [0.717, 1.165) is 30.6 Å². The van der Waals surface area contributed by atoms with Crippen LogP contribution in [0.15, 0.2) is 24.3 Å². The van der Waals surface area contributed by atoms with Crippen molar-refractivity contribution in [1.82, 2.24) is 9.88 Å². The Hall–Kier alpha value is -2.41. The van der Waals surface area contributed by atoms with Gasteiger partial charge in [0, 0.05) is 10.6 Å². The van der Waals surface area contributed by atoms with Crippen molar-refractivity contribution in [1.29, 1.82) is 0 Å². The lowest BCUT2D eigenvalue weighted by Gasteiger charge is -2.39. The van der Waals surface area contributed by atoms with Crippen molar-refractivity contribution in [2.75, 3.05) is 17.2 Å². The minimum Gasteiger partial charge on any atom is -0.364 e. The number of nitrogens with one attached hydrogen (secondary N) is 2. The van der Waals surface area contributed by atoms with Crippen molar-refractivity contribution in [3.63, 3.8) is 0 Å². The Bertz CT molecular complexity index is 839. The predicted molar refractivity (Wildman–Crippen MR) is 102 cm³/mol. The molecule has 2 N–H and O–H groups in total. The maximum absolute atomic E-state index is 12.9. The summed E-state index contributed by atoms with van der Waals surface area (Å²) in [5.41, 5.74) is 2.53. The molecule has 6 nitrogen and oxygen atoms in total. The maximum Gasteiger partial charge on any atom is 0.258 e. The van der Waals surface area contributed by atoms with Crippen LogP contribution in [-0.2, 0) is 17.6 Å². The average molecular weight is 370 g/mol. The van der Waals surface area contributed by atoms with E-state index in [9.17, 15) is 9.59 Å². The molecule has 0 saturated heterocycles. The third-order valence-corrected chi connectivity index (χ3v) is 5.92. The number of carbonyl (C=O) groups excluding carboxylic acids is 2. The van der Waals surface area contributed by atoms with E-state index in [-0.39, 0.29) is 30.4 Å². The van der Waals surface area contributed by atoms with Gasteiger partial charge in [0.15, 0.2) is 5.13 Å². The van der Waals surface area contributed by atoms with Gasteiger partial charge in [-0.05, 0) is 37.3 Å². The van der Waals surface area contributed by atoms with Gasteiger partial charge in [0.05, 0.1) is 11.3 Å². The summed E-state index contributed by atoms with van der Waals surface area (Å²) < 4.78 is 0. The molecule has 1 aromatic heterocycles. The van der Waals surface area contributed by atoms with Crippen molar-refractivity contribution in [2.45, 2.75) is 39.3 Å². The zero-order valence-corrected chi connectivity index (χ0v) is 15.7. The number of thiazole rings is 1. The van der Waals surface area contributed by atoms with E-state index in [4.69, 9.17) is 0 Å². The van der Waals surface area contributed by atoms with Crippen LogP contribution in [0.25, 0.3) is 0 Å². The monoisotopic (exact) mass is 370 g/mol. The van der Waals surface area contributed by atoms with Gasteiger partial charge < -0.3 is 15.5 Å². The molecule has 1 aromatic carbocycles. The van der Waals surface area contributed by atoms with Gasteiger partial charge in [0.1, 0.15) is 12.7 Å². The van der Waals surface area contributed by atoms with Crippen molar-refractivity contribution >= 4 is 34.0 Å². The normalized spacial score (nSPS) is 18.5. The van der Waals surface area contributed by atoms with Crippen LogP contribution >= 0.6 is 11.3 Å². The first-order valence-electron chi connectivity index (χ1n) is 8.98. The second kappa shape index (κ2) is 6.72. The third kappa shape index (κ3) is 3.07. The van der Waals surface area contributed by atoms with E-state index in [1.165, 1.54) is 4.88 Å². The Labute approximate surface area is 156 Å². The van der Waals surface area contributed by atoms with Gasteiger partial charge >= 0.3 is 0 Å². The van der Waals surface area contributed by atoms with Crippen LogP contribution in [0.1, 0.15) is 41.2 Å². The largest absolute Gasteiger partial charge is 0.364 e. The number of para-hydroxylation sites is 1. The predicted octanol–water partition coefficient (Wildman–Crippen LogP) is 3.12. The zero-order valence-electron chi connectivity index (χ0n) is 14.9. The molecule has 26 heavy (non-hydrogen) atoms. The fourth-order valence-corrected chi connectivity index (χ4v) is 4.63. The summed E-state index contributed by atoms with van der Waals surface area (Å²) in [6.45, 7) is 4.08. The molecular weight excluding hydrogens is 348 g/mol. The number of benzene rings is 1. The minimum absolute atomic E-state index is 0.00720. The number of hydrogen-bond donors (Lipinski definition) is 2. The lowest BCUT2D eigenvalue weighted by Crippen LogP contribution is -2.53. The van der Waals surface area contributed by atoms with Gasteiger partial charge in [-0.15, -0.1) is 11.3 Å². The molecule has 0 radical (unpaired) electrons. The summed E-state index contributed by atoms with van der Waals surface area (Å²) in [5.74, 6) is -0.156. The molecule has 136 valence electrons. The lowest BCUT2D eigenvalue weighted by molar-refractivity contribution is -0.117. The number of aryl methyl sites for hydroxylation is 2. The van der Waals surface area contributed by atoms with Crippen molar-refractivity contribution in [3.8, 4) is 0 Å². The number of carbonyl (C=O) groups is 2. The first-order valence-corrected chi connectivity index (χ1v) is 9.79. The van der Waals surface area contributed by atoms with Crippen molar-refractivity contribution in [3.05, 3.63) is 40.4 Å². The quantitative estimate of drug-likeness (QED) is 0.867. The number of fused-ring (bicyclic) bond motifs is 2. The highest BCUT2D eigenvalue weighted by atomic mass is 32.1. The SMILES string of the molecule is CC(C)[C@@H]1Nc2ccccc2C(=O)N1CC(=O)Nc1nc2c(s1)CCC2. The molecule has 1 aliphatic heterocycles. The molecule has 2 amide bonds. The van der Waals surface area contributed by atoms with Crippen LogP contribution in [0.3, 0.4) is 0 Å². The molecule has 2 heterocycles. The molecule has 1 aliphatic carbocycles. The fraction of sp³-hybridized carbons (Fsp3) is 0.421. The van der Waals surface area contributed by atoms with Gasteiger partial charge in [0.2, 0.25) is 5.91 Å². The molecular formula is C19H22N4O2S. The van der Waals surface area contributed by atoms with Crippen LogP contribution in [0.4, 0.5) is 10.8 Å². The topological polar surface area (TPSA) is 74.3 Å². The van der Waals surface area contributed by atoms with E-state index in [0.29, 0.717) is 10.7 Å². The molecule has 1 atom stereocenters. The highest BCUT2D eigenvalue weighted by molar-refractivity contribution is 7.15. The van der Waals surface area contributed by atoms with Crippen molar-refractivity contribution in [2.24, 2.45) is 5.92 Å². The molecule has 7 heteroatoms. The van der Waals surface area contributed by atoms with Gasteiger partial charge in [-0.3, -0.25) is 9.59 Å². The number of hydrogen-bond acceptors (Lipinski definition) is 5. The summed E-state index contributed by atoms with van der Waals surface area (Å²) in [6.07, 6.45) is 2.96. The number of rotatable bonds is 4. The summed E-state index contributed by atoms with van der Waals surface area (Å²) in [6, 6.07) is 7.43. The summed E-state index contributed by atoms with van der Waals surface area (Å²) in [4.78, 5) is 32.9. The van der Waals surface area contributed by atoms with E-state index < -0.39 is 0 Å². The Kier molecular flexibility index (Phi) is 4.40. The Morgan fingerprint density at radius 3 is 2.96 bits per heavy atom. The van der Waals surface area contributed by atoms with E-state index in [2.05, 4.69) is 15.6 Å². The second-order valence-electron chi connectivity index (χ2n) is 7.10. The van der Waals surface area contributed by atoms with Crippen molar-refractivity contribution < 1.29 is 9.59 Å². The lowest BCUT2D eigenvalue weighted by atomic mass is 10.0. The Morgan fingerprint density at radius 2 is 2.19 bits per heavy atom. The molecule has 4 rings (SSSR count). The van der Waals surface area contributed by atoms with Crippen LogP contribution in [-0.4, -0.2) is 34.4 Å². The highest BCUT2D eigenvalue weighted by Gasteiger charge is 2.34. The second-order valence-corrected chi connectivity index (χ2v) is 8.19. The number of anilines is 2. The first-order chi connectivity index (χ1) is 12.5. The van der Waals surface area contributed by atoms with Gasteiger partial charge in [0.25, 0.3) is 5.91 Å². The zero-order chi connectivity index (χ0) is 18.3. The Morgan fingerprint density at radius 1 is 1.38 bits per heavy atom. The molecule has 0 spiro atoms. The summed E-state index contributed by atoms with van der Waals surface area (Å²) in [5, 5.41) is 6.90.